The summed E-state index contributed by atoms with van der Waals surface area (Å²) in [5.74, 6) is 1.75. The summed E-state index contributed by atoms with van der Waals surface area (Å²) in [7, 11) is -2.99. The van der Waals surface area contributed by atoms with Gasteiger partial charge >= 0.3 is 0 Å². The maximum atomic E-state index is 11.4. The third kappa shape index (κ3) is 4.72. The van der Waals surface area contributed by atoms with Crippen molar-refractivity contribution in [1.82, 2.24) is 9.62 Å². The second-order valence-electron chi connectivity index (χ2n) is 6.47. The van der Waals surface area contributed by atoms with Gasteiger partial charge in [-0.2, -0.15) is 0 Å². The van der Waals surface area contributed by atoms with Crippen molar-refractivity contribution in [1.29, 1.82) is 0 Å². The Morgan fingerprint density at radius 1 is 1.05 bits per heavy atom. The zero-order valence-corrected chi connectivity index (χ0v) is 13.1. The van der Waals surface area contributed by atoms with Crippen LogP contribution in [0.1, 0.15) is 45.4 Å². The molecule has 0 aromatic heterocycles. The number of piperidine rings is 1. The molecule has 19 heavy (non-hydrogen) atoms. The van der Waals surface area contributed by atoms with Crippen LogP contribution >= 0.6 is 0 Å². The van der Waals surface area contributed by atoms with E-state index in [2.05, 4.69) is 12.2 Å². The van der Waals surface area contributed by atoms with Crippen LogP contribution in [-0.2, 0) is 10.0 Å². The van der Waals surface area contributed by atoms with Gasteiger partial charge < -0.3 is 5.32 Å². The Morgan fingerprint density at radius 2 is 1.63 bits per heavy atom. The van der Waals surface area contributed by atoms with Gasteiger partial charge in [0, 0.05) is 19.1 Å². The summed E-state index contributed by atoms with van der Waals surface area (Å²) in [6, 6.07) is 0.511. The molecule has 0 atom stereocenters. The van der Waals surface area contributed by atoms with Crippen molar-refractivity contribution in [2.45, 2.75) is 51.5 Å². The number of nitrogens with one attached hydrogen (secondary N) is 1. The second-order valence-corrected chi connectivity index (χ2v) is 8.45. The molecule has 0 spiro atoms. The second kappa shape index (κ2) is 6.55. The van der Waals surface area contributed by atoms with Crippen LogP contribution < -0.4 is 5.32 Å². The average molecular weight is 288 g/mol. The Morgan fingerprint density at radius 3 is 2.16 bits per heavy atom. The van der Waals surface area contributed by atoms with Crippen molar-refractivity contribution < 1.29 is 8.42 Å². The molecule has 1 aliphatic heterocycles. The minimum atomic E-state index is -2.99. The Kier molecular flexibility index (Phi) is 5.26. The minimum Gasteiger partial charge on any atom is -0.314 e. The predicted molar refractivity (Wildman–Crippen MR) is 78.6 cm³/mol. The molecule has 1 saturated heterocycles. The molecule has 0 bridgehead atoms. The Bertz CT molecular complexity index is 367. The first kappa shape index (κ1) is 15.3. The molecule has 0 aromatic carbocycles. The number of sulfonamides is 1. The molecular weight excluding hydrogens is 260 g/mol. The molecule has 1 N–H and O–H groups in total. The highest BCUT2D eigenvalue weighted by Gasteiger charge is 2.25. The SMILES string of the molecule is CC1CCC(CNC2CCN(S(C)(=O)=O)CC2)CC1. The molecule has 2 fully saturated rings. The number of nitrogens with zero attached hydrogens (tertiary/aromatic N) is 1. The van der Waals surface area contributed by atoms with Gasteiger partial charge in [0.05, 0.1) is 6.26 Å². The molecule has 4 nitrogen and oxygen atoms in total. The van der Waals surface area contributed by atoms with E-state index in [1.54, 1.807) is 4.31 Å². The van der Waals surface area contributed by atoms with E-state index < -0.39 is 10.0 Å². The minimum absolute atomic E-state index is 0.511. The largest absolute Gasteiger partial charge is 0.314 e. The highest BCUT2D eigenvalue weighted by Crippen LogP contribution is 2.28. The third-order valence-corrected chi connectivity index (χ3v) is 6.06. The van der Waals surface area contributed by atoms with Crippen LogP contribution in [0.15, 0.2) is 0 Å². The highest BCUT2D eigenvalue weighted by atomic mass is 32.2. The first-order valence-corrected chi connectivity index (χ1v) is 9.48. The molecule has 0 radical (unpaired) electrons. The molecule has 1 saturated carbocycles. The molecule has 2 rings (SSSR count). The first-order chi connectivity index (χ1) is 8.95. The van der Waals surface area contributed by atoms with Gasteiger partial charge in [-0.25, -0.2) is 12.7 Å². The summed E-state index contributed by atoms with van der Waals surface area (Å²) in [5, 5.41) is 3.66. The molecule has 0 aromatic rings. The van der Waals surface area contributed by atoms with Crippen molar-refractivity contribution >= 4 is 10.0 Å². The van der Waals surface area contributed by atoms with Crippen LogP contribution in [-0.4, -0.2) is 44.7 Å². The van der Waals surface area contributed by atoms with Gasteiger partial charge in [0.1, 0.15) is 0 Å². The van der Waals surface area contributed by atoms with Crippen LogP contribution in [0.25, 0.3) is 0 Å². The maximum Gasteiger partial charge on any atom is 0.211 e. The maximum absolute atomic E-state index is 11.4. The van der Waals surface area contributed by atoms with E-state index >= 15 is 0 Å². The van der Waals surface area contributed by atoms with Gasteiger partial charge in [0.15, 0.2) is 0 Å². The molecule has 112 valence electrons. The predicted octanol–water partition coefficient (Wildman–Crippen LogP) is 1.83. The fraction of sp³-hybridized carbons (Fsp3) is 1.00. The lowest BCUT2D eigenvalue weighted by Crippen LogP contribution is -2.45. The fourth-order valence-electron chi connectivity index (χ4n) is 3.26. The Balaban J connectivity index is 1.66. The van der Waals surface area contributed by atoms with Gasteiger partial charge in [0.25, 0.3) is 0 Å². The van der Waals surface area contributed by atoms with Crippen LogP contribution in [0, 0.1) is 11.8 Å². The van der Waals surface area contributed by atoms with Gasteiger partial charge in [-0.3, -0.25) is 0 Å². The lowest BCUT2D eigenvalue weighted by Gasteiger charge is -2.33. The molecule has 0 amide bonds. The van der Waals surface area contributed by atoms with E-state index in [0.717, 1.165) is 31.2 Å². The summed E-state index contributed by atoms with van der Waals surface area (Å²) in [6.07, 6.45) is 8.68. The van der Waals surface area contributed by atoms with E-state index in [1.165, 1.54) is 31.9 Å². The van der Waals surface area contributed by atoms with Crippen LogP contribution in [0.5, 0.6) is 0 Å². The normalized spacial score (nSPS) is 31.5. The van der Waals surface area contributed by atoms with E-state index in [-0.39, 0.29) is 0 Å². The van der Waals surface area contributed by atoms with Crippen molar-refractivity contribution in [3.8, 4) is 0 Å². The summed E-state index contributed by atoms with van der Waals surface area (Å²) < 4.78 is 24.5. The van der Waals surface area contributed by atoms with Crippen LogP contribution in [0.2, 0.25) is 0 Å². The fourth-order valence-corrected chi connectivity index (χ4v) is 4.13. The Labute approximate surface area is 118 Å². The zero-order valence-electron chi connectivity index (χ0n) is 12.3. The zero-order chi connectivity index (χ0) is 13.9. The monoisotopic (exact) mass is 288 g/mol. The van der Waals surface area contributed by atoms with Gasteiger partial charge in [-0.05, 0) is 44.1 Å². The summed E-state index contributed by atoms with van der Waals surface area (Å²) in [5.41, 5.74) is 0. The van der Waals surface area contributed by atoms with Crippen molar-refractivity contribution in [2.75, 3.05) is 25.9 Å². The molecule has 0 unspecified atom stereocenters. The van der Waals surface area contributed by atoms with Crippen molar-refractivity contribution in [2.24, 2.45) is 11.8 Å². The topological polar surface area (TPSA) is 49.4 Å². The summed E-state index contributed by atoms with van der Waals surface area (Å²) in [6.45, 7) is 4.83. The molecular formula is C14H28N2O2S. The number of hydrogen-bond acceptors (Lipinski definition) is 3. The van der Waals surface area contributed by atoms with Gasteiger partial charge in [-0.15, -0.1) is 0 Å². The van der Waals surface area contributed by atoms with E-state index in [1.807, 2.05) is 0 Å². The van der Waals surface area contributed by atoms with Gasteiger partial charge in [0.2, 0.25) is 10.0 Å². The van der Waals surface area contributed by atoms with Crippen molar-refractivity contribution in [3.63, 3.8) is 0 Å². The average Bonchev–Trinajstić information content (AvgIpc) is 2.37. The Hall–Kier alpha value is -0.130. The van der Waals surface area contributed by atoms with Gasteiger partial charge in [-0.1, -0.05) is 19.8 Å². The van der Waals surface area contributed by atoms with E-state index in [9.17, 15) is 8.42 Å². The molecule has 2 aliphatic rings. The van der Waals surface area contributed by atoms with E-state index in [4.69, 9.17) is 0 Å². The van der Waals surface area contributed by atoms with Crippen LogP contribution in [0.4, 0.5) is 0 Å². The summed E-state index contributed by atoms with van der Waals surface area (Å²) >= 11 is 0. The van der Waals surface area contributed by atoms with E-state index in [0.29, 0.717) is 19.1 Å². The molecule has 1 heterocycles. The number of hydrogen-bond donors (Lipinski definition) is 1. The summed E-state index contributed by atoms with van der Waals surface area (Å²) in [4.78, 5) is 0. The lowest BCUT2D eigenvalue weighted by molar-refractivity contribution is 0.246. The quantitative estimate of drug-likeness (QED) is 0.858. The number of rotatable bonds is 4. The third-order valence-electron chi connectivity index (χ3n) is 4.75. The molecule has 5 heteroatoms. The van der Waals surface area contributed by atoms with Crippen molar-refractivity contribution in [3.05, 3.63) is 0 Å². The smallest absolute Gasteiger partial charge is 0.211 e. The highest BCUT2D eigenvalue weighted by molar-refractivity contribution is 7.88. The lowest BCUT2D eigenvalue weighted by atomic mass is 9.83. The van der Waals surface area contributed by atoms with Crippen LogP contribution in [0.3, 0.4) is 0 Å². The molecule has 1 aliphatic carbocycles. The first-order valence-electron chi connectivity index (χ1n) is 7.63. The standard InChI is InChI=1S/C14H28N2O2S/c1-12-3-5-13(6-4-12)11-15-14-7-9-16(10-8-14)19(2,17)18/h12-15H,3-11H2,1-2H3.